The molecule has 18 heavy (non-hydrogen) atoms. The Hall–Kier alpha value is -0.850. The first kappa shape index (κ1) is 12.2. The maximum absolute atomic E-state index is 11.1. The highest BCUT2D eigenvalue weighted by Gasteiger charge is 2.44. The second-order valence-electron chi connectivity index (χ2n) is 5.38. The molecule has 1 aliphatic carbocycles. The Balaban J connectivity index is 1.86. The molecular formula is C13H15IN2O2. The Morgan fingerprint density at radius 1 is 1.22 bits per heavy atom. The molecule has 1 aromatic rings. The zero-order valence-electron chi connectivity index (χ0n) is 10.1. The van der Waals surface area contributed by atoms with Crippen LogP contribution >= 0.6 is 22.6 Å². The van der Waals surface area contributed by atoms with E-state index in [-0.39, 0.29) is 10.6 Å². The molecular weight excluding hydrogens is 343 g/mol. The molecule has 0 amide bonds. The monoisotopic (exact) mass is 358 g/mol. The van der Waals surface area contributed by atoms with Crippen molar-refractivity contribution in [3.63, 3.8) is 0 Å². The lowest BCUT2D eigenvalue weighted by molar-refractivity contribution is -0.384. The smallest absolute Gasteiger partial charge is 0.292 e. The fraction of sp³-hybridized carbons (Fsp3) is 0.538. The molecule has 0 unspecified atom stereocenters. The predicted molar refractivity (Wildman–Crippen MR) is 78.9 cm³/mol. The van der Waals surface area contributed by atoms with E-state index in [0.29, 0.717) is 5.41 Å². The molecule has 5 heteroatoms. The first-order chi connectivity index (χ1) is 8.60. The van der Waals surface area contributed by atoms with Gasteiger partial charge in [-0.1, -0.05) is 0 Å². The minimum Gasteiger partial charge on any atom is -0.366 e. The third kappa shape index (κ3) is 2.20. The first-order valence-electron chi connectivity index (χ1n) is 6.29. The van der Waals surface area contributed by atoms with Crippen molar-refractivity contribution in [2.45, 2.75) is 25.7 Å². The van der Waals surface area contributed by atoms with Gasteiger partial charge in [-0.15, -0.1) is 0 Å². The number of nitro groups is 1. The normalized spacial score (nSPS) is 21.1. The zero-order valence-corrected chi connectivity index (χ0v) is 12.2. The lowest BCUT2D eigenvalue weighted by atomic mass is 9.93. The van der Waals surface area contributed by atoms with Crippen LogP contribution in [0.1, 0.15) is 25.7 Å². The summed E-state index contributed by atoms with van der Waals surface area (Å²) in [6.07, 6.45) is 5.09. The van der Waals surface area contributed by atoms with Gasteiger partial charge in [0.15, 0.2) is 0 Å². The van der Waals surface area contributed by atoms with Crippen LogP contribution in [0.4, 0.5) is 11.4 Å². The van der Waals surface area contributed by atoms with Gasteiger partial charge in [0, 0.05) is 22.7 Å². The van der Waals surface area contributed by atoms with Crippen LogP contribution in [-0.2, 0) is 0 Å². The second kappa shape index (κ2) is 4.36. The third-order valence-corrected chi connectivity index (χ3v) is 4.93. The number of hydrogen-bond acceptors (Lipinski definition) is 3. The van der Waals surface area contributed by atoms with E-state index in [1.165, 1.54) is 25.7 Å². The van der Waals surface area contributed by atoms with E-state index in [2.05, 4.69) is 27.5 Å². The van der Waals surface area contributed by atoms with Crippen molar-refractivity contribution in [3.05, 3.63) is 31.9 Å². The van der Waals surface area contributed by atoms with Crippen LogP contribution in [0.15, 0.2) is 18.2 Å². The van der Waals surface area contributed by atoms with Crippen molar-refractivity contribution in [2.75, 3.05) is 18.0 Å². The molecule has 96 valence electrons. The summed E-state index contributed by atoms with van der Waals surface area (Å²) in [7, 11) is 0. The minimum atomic E-state index is -0.271. The van der Waals surface area contributed by atoms with Crippen LogP contribution in [0, 0.1) is 19.1 Å². The van der Waals surface area contributed by atoms with Crippen molar-refractivity contribution in [1.82, 2.24) is 0 Å². The van der Waals surface area contributed by atoms with Crippen molar-refractivity contribution in [2.24, 2.45) is 5.41 Å². The van der Waals surface area contributed by atoms with E-state index in [4.69, 9.17) is 0 Å². The Kier molecular flexibility index (Phi) is 2.96. The molecule has 1 saturated heterocycles. The Bertz CT molecular complexity index is 490. The molecule has 2 fully saturated rings. The highest BCUT2D eigenvalue weighted by atomic mass is 127. The lowest BCUT2D eigenvalue weighted by Crippen LogP contribution is -2.34. The Morgan fingerprint density at radius 2 is 1.89 bits per heavy atom. The van der Waals surface area contributed by atoms with Gasteiger partial charge in [0.2, 0.25) is 0 Å². The van der Waals surface area contributed by atoms with E-state index < -0.39 is 0 Å². The SMILES string of the molecule is O=[N+]([O-])c1ccc(I)cc1N1CCC2(CC1)CC2. The molecule has 1 aromatic carbocycles. The summed E-state index contributed by atoms with van der Waals surface area (Å²) in [5.41, 5.74) is 1.64. The van der Waals surface area contributed by atoms with Gasteiger partial charge in [0.1, 0.15) is 5.69 Å². The molecule has 0 radical (unpaired) electrons. The molecule has 1 saturated carbocycles. The van der Waals surface area contributed by atoms with Gasteiger partial charge in [-0.25, -0.2) is 0 Å². The summed E-state index contributed by atoms with van der Waals surface area (Å²) in [6, 6.07) is 5.36. The largest absolute Gasteiger partial charge is 0.366 e. The number of anilines is 1. The van der Waals surface area contributed by atoms with Crippen molar-refractivity contribution < 1.29 is 4.92 Å². The Morgan fingerprint density at radius 3 is 2.44 bits per heavy atom. The Labute approximate surface area is 120 Å². The maximum atomic E-state index is 11.1. The predicted octanol–water partition coefficient (Wildman–Crippen LogP) is 3.58. The third-order valence-electron chi connectivity index (χ3n) is 4.26. The summed E-state index contributed by atoms with van der Waals surface area (Å²) >= 11 is 2.21. The highest BCUT2D eigenvalue weighted by Crippen LogP contribution is 2.54. The maximum Gasteiger partial charge on any atom is 0.292 e. The fourth-order valence-electron chi connectivity index (χ4n) is 2.80. The molecule has 3 rings (SSSR count). The van der Waals surface area contributed by atoms with E-state index in [1.807, 2.05) is 6.07 Å². The van der Waals surface area contributed by atoms with Gasteiger partial charge < -0.3 is 4.90 Å². The lowest BCUT2D eigenvalue weighted by Gasteiger charge is -2.33. The molecule has 0 atom stereocenters. The van der Waals surface area contributed by atoms with Crippen molar-refractivity contribution in [1.29, 1.82) is 0 Å². The van der Waals surface area contributed by atoms with Crippen LogP contribution in [0.2, 0.25) is 0 Å². The molecule has 1 heterocycles. The summed E-state index contributed by atoms with van der Waals surface area (Å²) in [4.78, 5) is 13.0. The number of halogens is 1. The minimum absolute atomic E-state index is 0.238. The second-order valence-corrected chi connectivity index (χ2v) is 6.62. The quantitative estimate of drug-likeness (QED) is 0.461. The molecule has 1 aliphatic heterocycles. The average molecular weight is 358 g/mol. The molecule has 4 nitrogen and oxygen atoms in total. The van der Waals surface area contributed by atoms with E-state index in [9.17, 15) is 10.1 Å². The standard InChI is InChI=1S/C13H15IN2O2/c14-10-1-2-11(16(17)18)12(9-10)15-7-5-13(3-4-13)6-8-15/h1-2,9H,3-8H2. The summed E-state index contributed by atoms with van der Waals surface area (Å²) < 4.78 is 1.06. The van der Waals surface area contributed by atoms with Gasteiger partial charge in [-0.3, -0.25) is 10.1 Å². The number of nitrogens with zero attached hydrogens (tertiary/aromatic N) is 2. The summed E-state index contributed by atoms with van der Waals surface area (Å²) in [6.45, 7) is 1.92. The average Bonchev–Trinajstić information content (AvgIpc) is 3.09. The van der Waals surface area contributed by atoms with Gasteiger partial charge in [0.05, 0.1) is 4.92 Å². The van der Waals surface area contributed by atoms with Gasteiger partial charge in [-0.2, -0.15) is 0 Å². The van der Waals surface area contributed by atoms with Crippen molar-refractivity contribution in [3.8, 4) is 0 Å². The van der Waals surface area contributed by atoms with E-state index in [1.54, 1.807) is 12.1 Å². The van der Waals surface area contributed by atoms with Crippen LogP contribution < -0.4 is 4.90 Å². The van der Waals surface area contributed by atoms with E-state index >= 15 is 0 Å². The molecule has 0 bridgehead atoms. The van der Waals surface area contributed by atoms with Gasteiger partial charge in [-0.05, 0) is 65.8 Å². The van der Waals surface area contributed by atoms with Crippen molar-refractivity contribution >= 4 is 34.0 Å². The van der Waals surface area contributed by atoms with Crippen LogP contribution in [0.3, 0.4) is 0 Å². The number of rotatable bonds is 2. The van der Waals surface area contributed by atoms with Crippen LogP contribution in [0.5, 0.6) is 0 Å². The zero-order chi connectivity index (χ0) is 12.8. The van der Waals surface area contributed by atoms with Gasteiger partial charge >= 0.3 is 0 Å². The summed E-state index contributed by atoms with van der Waals surface area (Å²) in [5, 5.41) is 11.1. The van der Waals surface area contributed by atoms with E-state index in [0.717, 1.165) is 22.3 Å². The molecule has 2 aliphatic rings. The fourth-order valence-corrected chi connectivity index (χ4v) is 3.28. The van der Waals surface area contributed by atoms with Crippen LogP contribution in [-0.4, -0.2) is 18.0 Å². The number of piperidine rings is 1. The highest BCUT2D eigenvalue weighted by molar-refractivity contribution is 14.1. The van der Waals surface area contributed by atoms with Crippen LogP contribution in [0.25, 0.3) is 0 Å². The molecule has 1 spiro atoms. The topological polar surface area (TPSA) is 46.4 Å². The first-order valence-corrected chi connectivity index (χ1v) is 7.36. The van der Waals surface area contributed by atoms with Gasteiger partial charge in [0.25, 0.3) is 5.69 Å². The molecule has 0 N–H and O–H groups in total. The number of hydrogen-bond donors (Lipinski definition) is 0. The number of benzene rings is 1. The number of nitro benzene ring substituents is 1. The molecule has 0 aromatic heterocycles. The summed E-state index contributed by atoms with van der Waals surface area (Å²) in [5.74, 6) is 0.